The van der Waals surface area contributed by atoms with E-state index < -0.39 is 16.1 Å². The average Bonchev–Trinajstić information content (AvgIpc) is 2.64. The highest BCUT2D eigenvalue weighted by Crippen LogP contribution is 2.24. The Bertz CT molecular complexity index is 855. The molecule has 0 saturated carbocycles. The highest BCUT2D eigenvalue weighted by molar-refractivity contribution is 7.92. The molecule has 5 nitrogen and oxygen atoms in total. The SMILES string of the molecule is CCC(C(=O)NCC(C)c1ccccc1)N(c1ccc(Cl)cc1)S(C)(=O)=O. The average molecular weight is 409 g/mol. The van der Waals surface area contributed by atoms with E-state index in [-0.39, 0.29) is 11.8 Å². The van der Waals surface area contributed by atoms with Crippen LogP contribution in [0.4, 0.5) is 5.69 Å². The predicted molar refractivity (Wildman–Crippen MR) is 111 cm³/mol. The molecule has 0 bridgehead atoms. The van der Waals surface area contributed by atoms with Gasteiger partial charge in [0.25, 0.3) is 0 Å². The van der Waals surface area contributed by atoms with Gasteiger partial charge in [0.2, 0.25) is 15.9 Å². The second kappa shape index (κ2) is 9.24. The zero-order valence-electron chi connectivity index (χ0n) is 15.7. The first kappa shape index (κ1) is 21.3. The van der Waals surface area contributed by atoms with Crippen molar-refractivity contribution in [2.24, 2.45) is 0 Å². The van der Waals surface area contributed by atoms with E-state index in [9.17, 15) is 13.2 Å². The number of benzene rings is 2. The molecular formula is C20H25ClN2O3S. The maximum atomic E-state index is 12.8. The summed E-state index contributed by atoms with van der Waals surface area (Å²) >= 11 is 5.90. The van der Waals surface area contributed by atoms with Gasteiger partial charge in [-0.15, -0.1) is 0 Å². The standard InChI is InChI=1S/C20H25ClN2O3S/c1-4-19(20(24)22-14-15(2)16-8-6-5-7-9-16)23(27(3,25)26)18-12-10-17(21)11-13-18/h5-13,15,19H,4,14H2,1-3H3,(H,22,24). The van der Waals surface area contributed by atoms with Gasteiger partial charge in [-0.3, -0.25) is 9.10 Å². The van der Waals surface area contributed by atoms with E-state index in [1.165, 1.54) is 0 Å². The van der Waals surface area contributed by atoms with Crippen LogP contribution in [0, 0.1) is 0 Å². The minimum absolute atomic E-state index is 0.120. The fourth-order valence-corrected chi connectivity index (χ4v) is 4.26. The number of anilines is 1. The number of sulfonamides is 1. The lowest BCUT2D eigenvalue weighted by atomic mass is 10.0. The van der Waals surface area contributed by atoms with Gasteiger partial charge in [-0.05, 0) is 42.2 Å². The molecular weight excluding hydrogens is 384 g/mol. The first-order chi connectivity index (χ1) is 12.7. The molecule has 1 amide bonds. The van der Waals surface area contributed by atoms with Crippen LogP contribution in [0.15, 0.2) is 54.6 Å². The molecule has 0 aliphatic heterocycles. The molecule has 2 rings (SSSR count). The molecule has 7 heteroatoms. The second-order valence-corrected chi connectivity index (χ2v) is 8.81. The number of halogens is 1. The van der Waals surface area contributed by atoms with Crippen LogP contribution in [0.5, 0.6) is 0 Å². The Morgan fingerprint density at radius 1 is 1.11 bits per heavy atom. The second-order valence-electron chi connectivity index (χ2n) is 6.52. The molecule has 0 heterocycles. The largest absolute Gasteiger partial charge is 0.354 e. The molecule has 2 aromatic carbocycles. The van der Waals surface area contributed by atoms with Crippen molar-refractivity contribution < 1.29 is 13.2 Å². The number of hydrogen-bond acceptors (Lipinski definition) is 3. The minimum Gasteiger partial charge on any atom is -0.354 e. The smallest absolute Gasteiger partial charge is 0.243 e. The van der Waals surface area contributed by atoms with Crippen LogP contribution in [0.2, 0.25) is 5.02 Å². The summed E-state index contributed by atoms with van der Waals surface area (Å²) in [6.07, 6.45) is 1.45. The summed E-state index contributed by atoms with van der Waals surface area (Å²) in [5, 5.41) is 3.40. The summed E-state index contributed by atoms with van der Waals surface area (Å²) < 4.78 is 25.9. The molecule has 0 saturated heterocycles. The van der Waals surface area contributed by atoms with Crippen LogP contribution in [-0.4, -0.2) is 33.2 Å². The molecule has 2 aromatic rings. The van der Waals surface area contributed by atoms with E-state index in [0.29, 0.717) is 23.7 Å². The van der Waals surface area contributed by atoms with E-state index in [1.807, 2.05) is 37.3 Å². The molecule has 0 aliphatic rings. The maximum Gasteiger partial charge on any atom is 0.243 e. The van der Waals surface area contributed by atoms with Gasteiger partial charge in [-0.25, -0.2) is 8.42 Å². The van der Waals surface area contributed by atoms with Crippen LogP contribution in [-0.2, 0) is 14.8 Å². The van der Waals surface area contributed by atoms with Gasteiger partial charge in [0.05, 0.1) is 11.9 Å². The molecule has 27 heavy (non-hydrogen) atoms. The molecule has 0 fully saturated rings. The van der Waals surface area contributed by atoms with Gasteiger partial charge < -0.3 is 5.32 Å². The third-order valence-electron chi connectivity index (χ3n) is 4.36. The number of nitrogens with one attached hydrogen (secondary N) is 1. The molecule has 0 radical (unpaired) electrons. The van der Waals surface area contributed by atoms with Gasteiger partial charge in [-0.2, -0.15) is 0 Å². The maximum absolute atomic E-state index is 12.8. The van der Waals surface area contributed by atoms with Gasteiger partial charge in [0.1, 0.15) is 6.04 Å². The Morgan fingerprint density at radius 3 is 2.22 bits per heavy atom. The van der Waals surface area contributed by atoms with Crippen molar-refractivity contribution in [2.45, 2.75) is 32.2 Å². The van der Waals surface area contributed by atoms with Gasteiger partial charge >= 0.3 is 0 Å². The highest BCUT2D eigenvalue weighted by atomic mass is 35.5. The number of amides is 1. The zero-order chi connectivity index (χ0) is 20.0. The normalized spacial score (nSPS) is 13.6. The van der Waals surface area contributed by atoms with Crippen LogP contribution in [0.1, 0.15) is 31.7 Å². The number of carbonyl (C=O) groups is 1. The molecule has 2 unspecified atom stereocenters. The Balaban J connectivity index is 2.18. The van der Waals surface area contributed by atoms with E-state index in [2.05, 4.69) is 5.32 Å². The number of carbonyl (C=O) groups excluding carboxylic acids is 1. The van der Waals surface area contributed by atoms with Crippen LogP contribution < -0.4 is 9.62 Å². The monoisotopic (exact) mass is 408 g/mol. The van der Waals surface area contributed by atoms with Crippen molar-refractivity contribution in [3.63, 3.8) is 0 Å². The molecule has 146 valence electrons. The number of nitrogens with zero attached hydrogens (tertiary/aromatic N) is 1. The molecule has 0 spiro atoms. The lowest BCUT2D eigenvalue weighted by Gasteiger charge is -2.30. The van der Waals surface area contributed by atoms with Crippen molar-refractivity contribution >= 4 is 33.2 Å². The Kier molecular flexibility index (Phi) is 7.27. The Hall–Kier alpha value is -2.05. The summed E-state index contributed by atoms with van der Waals surface area (Å²) in [7, 11) is -3.65. The third kappa shape index (κ3) is 5.71. The van der Waals surface area contributed by atoms with Crippen molar-refractivity contribution in [1.29, 1.82) is 0 Å². The van der Waals surface area contributed by atoms with Gasteiger partial charge in [-0.1, -0.05) is 55.8 Å². The fourth-order valence-electron chi connectivity index (χ4n) is 2.92. The molecule has 2 atom stereocenters. The van der Waals surface area contributed by atoms with Crippen molar-refractivity contribution in [3.05, 3.63) is 65.2 Å². The summed E-state index contributed by atoms with van der Waals surface area (Å²) in [6, 6.07) is 15.5. The van der Waals surface area contributed by atoms with Crippen molar-refractivity contribution in [3.8, 4) is 0 Å². The molecule has 1 N–H and O–H groups in total. The quantitative estimate of drug-likeness (QED) is 0.722. The number of rotatable bonds is 8. The van der Waals surface area contributed by atoms with Crippen LogP contribution >= 0.6 is 11.6 Å². The predicted octanol–water partition coefficient (Wildman–Crippen LogP) is 3.80. The summed E-state index contributed by atoms with van der Waals surface area (Å²) in [6.45, 7) is 4.24. The number of hydrogen-bond donors (Lipinski definition) is 1. The first-order valence-electron chi connectivity index (χ1n) is 8.81. The Morgan fingerprint density at radius 2 is 1.70 bits per heavy atom. The van der Waals surface area contributed by atoms with Gasteiger partial charge in [0.15, 0.2) is 0 Å². The highest BCUT2D eigenvalue weighted by Gasteiger charge is 2.31. The van der Waals surface area contributed by atoms with E-state index in [1.54, 1.807) is 31.2 Å². The fraction of sp³-hybridized carbons (Fsp3) is 0.350. The van der Waals surface area contributed by atoms with Crippen LogP contribution in [0.25, 0.3) is 0 Å². The first-order valence-corrected chi connectivity index (χ1v) is 11.0. The van der Waals surface area contributed by atoms with E-state index in [4.69, 9.17) is 11.6 Å². The molecule has 0 aliphatic carbocycles. The van der Waals surface area contributed by atoms with Crippen molar-refractivity contribution in [2.75, 3.05) is 17.1 Å². The lowest BCUT2D eigenvalue weighted by Crippen LogP contribution is -2.49. The lowest BCUT2D eigenvalue weighted by molar-refractivity contribution is -0.122. The Labute approximate surface area is 166 Å². The topological polar surface area (TPSA) is 66.5 Å². The summed E-state index contributed by atoms with van der Waals surface area (Å²) in [4.78, 5) is 12.8. The van der Waals surface area contributed by atoms with Crippen molar-refractivity contribution in [1.82, 2.24) is 5.32 Å². The van der Waals surface area contributed by atoms with E-state index >= 15 is 0 Å². The third-order valence-corrected chi connectivity index (χ3v) is 5.79. The summed E-state index contributed by atoms with van der Waals surface area (Å²) in [5.74, 6) is -0.199. The van der Waals surface area contributed by atoms with Crippen LogP contribution in [0.3, 0.4) is 0 Å². The zero-order valence-corrected chi connectivity index (χ0v) is 17.3. The van der Waals surface area contributed by atoms with Gasteiger partial charge in [0, 0.05) is 11.6 Å². The molecule has 0 aromatic heterocycles. The van der Waals surface area contributed by atoms with E-state index in [0.717, 1.165) is 16.1 Å². The summed E-state index contributed by atoms with van der Waals surface area (Å²) in [5.41, 5.74) is 1.53. The minimum atomic E-state index is -3.65.